The van der Waals surface area contributed by atoms with E-state index in [9.17, 15) is 19.8 Å². The highest BCUT2D eigenvalue weighted by Crippen LogP contribution is 2.43. The number of methoxy groups -OCH3 is 2. The summed E-state index contributed by atoms with van der Waals surface area (Å²) in [6, 6.07) is 10.3. The summed E-state index contributed by atoms with van der Waals surface area (Å²) >= 11 is 5.92. The van der Waals surface area contributed by atoms with Crippen molar-refractivity contribution in [2.45, 2.75) is 19.1 Å². The standard InChI is InChI=1S/C22H22ClNO6/c1-12(25)11-24-19(16-10-15(29-2)8-9-17(16)30-3)18(21(27)22(24)28)20(26)13-4-6-14(23)7-5-13/h4-10,12,19,25-26H,11H2,1-3H3/t12-,19-/m1/s1. The monoisotopic (exact) mass is 431 g/mol. The number of halogens is 1. The number of aliphatic hydroxyl groups excluding tert-OH is 2. The van der Waals surface area contributed by atoms with Gasteiger partial charge in [0.25, 0.3) is 11.7 Å². The Bertz CT molecular complexity index is 999. The third-order valence-electron chi connectivity index (χ3n) is 4.85. The smallest absolute Gasteiger partial charge is 0.295 e. The largest absolute Gasteiger partial charge is 0.507 e. The van der Waals surface area contributed by atoms with E-state index in [2.05, 4.69) is 0 Å². The lowest BCUT2D eigenvalue weighted by molar-refractivity contribution is -0.140. The SMILES string of the molecule is COc1ccc(OC)c([C@@H]2C(=C(O)c3ccc(Cl)cc3)C(=O)C(=O)N2C[C@@H](C)O)c1. The second-order valence-electron chi connectivity index (χ2n) is 6.92. The molecule has 0 bridgehead atoms. The van der Waals surface area contributed by atoms with Crippen LogP contribution in [0.25, 0.3) is 5.76 Å². The second-order valence-corrected chi connectivity index (χ2v) is 7.35. The molecule has 30 heavy (non-hydrogen) atoms. The van der Waals surface area contributed by atoms with Crippen LogP contribution in [0.4, 0.5) is 0 Å². The van der Waals surface area contributed by atoms with Crippen molar-refractivity contribution in [1.29, 1.82) is 0 Å². The first-order valence-electron chi connectivity index (χ1n) is 9.22. The Morgan fingerprint density at radius 1 is 1.13 bits per heavy atom. The lowest BCUT2D eigenvalue weighted by Gasteiger charge is -2.27. The summed E-state index contributed by atoms with van der Waals surface area (Å²) in [4.78, 5) is 27.0. The minimum Gasteiger partial charge on any atom is -0.507 e. The molecule has 158 valence electrons. The molecular formula is C22H22ClNO6. The van der Waals surface area contributed by atoms with Gasteiger partial charge in [-0.05, 0) is 49.4 Å². The fourth-order valence-electron chi connectivity index (χ4n) is 3.49. The van der Waals surface area contributed by atoms with Gasteiger partial charge in [-0.2, -0.15) is 0 Å². The molecule has 1 aliphatic rings. The van der Waals surface area contributed by atoms with Gasteiger partial charge >= 0.3 is 0 Å². The third kappa shape index (κ3) is 3.99. The summed E-state index contributed by atoms with van der Waals surface area (Å²) in [7, 11) is 2.96. The molecule has 1 saturated heterocycles. The molecule has 0 aliphatic carbocycles. The van der Waals surface area contributed by atoms with Gasteiger partial charge in [-0.1, -0.05) is 11.6 Å². The van der Waals surface area contributed by atoms with Gasteiger partial charge in [-0.15, -0.1) is 0 Å². The predicted octanol–water partition coefficient (Wildman–Crippen LogP) is 3.16. The molecule has 3 rings (SSSR count). The molecular weight excluding hydrogens is 410 g/mol. The van der Waals surface area contributed by atoms with E-state index in [0.29, 0.717) is 27.6 Å². The molecule has 2 aromatic carbocycles. The van der Waals surface area contributed by atoms with Crippen LogP contribution in [0.15, 0.2) is 48.0 Å². The highest BCUT2D eigenvalue weighted by atomic mass is 35.5. The van der Waals surface area contributed by atoms with Crippen LogP contribution in [0.3, 0.4) is 0 Å². The van der Waals surface area contributed by atoms with Gasteiger partial charge in [0, 0.05) is 22.7 Å². The Morgan fingerprint density at radius 2 is 1.80 bits per heavy atom. The second kappa shape index (κ2) is 8.77. The van der Waals surface area contributed by atoms with E-state index < -0.39 is 23.8 Å². The average Bonchev–Trinajstić information content (AvgIpc) is 2.97. The number of rotatable bonds is 6. The van der Waals surface area contributed by atoms with Gasteiger partial charge in [0.05, 0.1) is 31.9 Å². The number of amides is 1. The van der Waals surface area contributed by atoms with Gasteiger partial charge in [0.1, 0.15) is 17.3 Å². The van der Waals surface area contributed by atoms with Gasteiger partial charge < -0.3 is 24.6 Å². The van der Waals surface area contributed by atoms with Crippen LogP contribution in [0.2, 0.25) is 5.02 Å². The van der Waals surface area contributed by atoms with Crippen LogP contribution in [-0.4, -0.2) is 53.7 Å². The minimum atomic E-state index is -0.972. The third-order valence-corrected chi connectivity index (χ3v) is 5.10. The molecule has 1 heterocycles. The highest BCUT2D eigenvalue weighted by Gasteiger charge is 2.47. The van der Waals surface area contributed by atoms with E-state index >= 15 is 0 Å². The Hall–Kier alpha value is -3.03. The van der Waals surface area contributed by atoms with E-state index in [1.807, 2.05) is 0 Å². The molecule has 8 heteroatoms. The van der Waals surface area contributed by atoms with Gasteiger partial charge in [-0.25, -0.2) is 0 Å². The molecule has 7 nitrogen and oxygen atoms in total. The van der Waals surface area contributed by atoms with Crippen LogP contribution < -0.4 is 9.47 Å². The maximum atomic E-state index is 12.9. The van der Waals surface area contributed by atoms with Crippen molar-refractivity contribution in [3.63, 3.8) is 0 Å². The highest BCUT2D eigenvalue weighted by molar-refractivity contribution is 6.46. The van der Waals surface area contributed by atoms with Crippen molar-refractivity contribution in [2.75, 3.05) is 20.8 Å². The van der Waals surface area contributed by atoms with Crippen molar-refractivity contribution in [2.24, 2.45) is 0 Å². The molecule has 0 radical (unpaired) electrons. The number of hydrogen-bond donors (Lipinski definition) is 2. The topological polar surface area (TPSA) is 96.3 Å². The van der Waals surface area contributed by atoms with E-state index in [1.54, 1.807) is 42.5 Å². The Labute approximate surface area is 179 Å². The maximum absolute atomic E-state index is 12.9. The number of nitrogens with zero attached hydrogens (tertiary/aromatic N) is 1. The van der Waals surface area contributed by atoms with Crippen LogP contribution in [0.5, 0.6) is 11.5 Å². The van der Waals surface area contributed by atoms with Crippen molar-refractivity contribution in [3.05, 3.63) is 64.2 Å². The summed E-state index contributed by atoms with van der Waals surface area (Å²) in [5.41, 5.74) is 0.683. The van der Waals surface area contributed by atoms with Crippen LogP contribution in [-0.2, 0) is 9.59 Å². The normalized spacial score (nSPS) is 19.1. The number of carbonyl (C=O) groups is 2. The Kier molecular flexibility index (Phi) is 6.34. The first-order chi connectivity index (χ1) is 14.3. The molecule has 2 aromatic rings. The molecule has 2 atom stereocenters. The van der Waals surface area contributed by atoms with Crippen LogP contribution in [0.1, 0.15) is 24.1 Å². The first kappa shape index (κ1) is 21.7. The fourth-order valence-corrected chi connectivity index (χ4v) is 3.62. The maximum Gasteiger partial charge on any atom is 0.295 e. The van der Waals surface area contributed by atoms with E-state index in [4.69, 9.17) is 21.1 Å². The molecule has 1 fully saturated rings. The molecule has 2 N–H and O–H groups in total. The first-order valence-corrected chi connectivity index (χ1v) is 9.60. The van der Waals surface area contributed by atoms with Gasteiger partial charge in [0.15, 0.2) is 0 Å². The Balaban J connectivity index is 2.27. The minimum absolute atomic E-state index is 0.102. The number of carbonyl (C=O) groups excluding carboxylic acids is 2. The molecule has 1 aliphatic heterocycles. The number of hydrogen-bond acceptors (Lipinski definition) is 6. The predicted molar refractivity (Wildman–Crippen MR) is 112 cm³/mol. The number of aliphatic hydroxyl groups is 2. The molecule has 0 spiro atoms. The lowest BCUT2D eigenvalue weighted by atomic mass is 9.94. The number of likely N-dealkylation sites (tertiary alicyclic amines) is 1. The lowest BCUT2D eigenvalue weighted by Crippen LogP contribution is -2.35. The summed E-state index contributed by atoms with van der Waals surface area (Å²) in [5.74, 6) is -1.12. The van der Waals surface area contributed by atoms with E-state index in [0.717, 1.165) is 0 Å². The zero-order chi connectivity index (χ0) is 22.0. The summed E-state index contributed by atoms with van der Waals surface area (Å²) in [5, 5.41) is 21.4. The van der Waals surface area contributed by atoms with Crippen molar-refractivity contribution in [1.82, 2.24) is 4.90 Å². The summed E-state index contributed by atoms with van der Waals surface area (Å²) in [6.07, 6.45) is -0.891. The zero-order valence-corrected chi connectivity index (χ0v) is 17.5. The summed E-state index contributed by atoms with van der Waals surface area (Å²) in [6.45, 7) is 1.41. The van der Waals surface area contributed by atoms with E-state index in [1.165, 1.54) is 26.0 Å². The number of β-amino-alcohol motifs (C(OH)–C–C–N with tert-alkyl or cyclic N) is 1. The fraction of sp³-hybridized carbons (Fsp3) is 0.273. The molecule has 0 unspecified atom stereocenters. The van der Waals surface area contributed by atoms with Crippen LogP contribution >= 0.6 is 11.6 Å². The van der Waals surface area contributed by atoms with Crippen molar-refractivity contribution < 1.29 is 29.3 Å². The quantitative estimate of drug-likeness (QED) is 0.414. The molecule has 0 aromatic heterocycles. The van der Waals surface area contributed by atoms with Gasteiger partial charge in [-0.3, -0.25) is 9.59 Å². The van der Waals surface area contributed by atoms with Crippen molar-refractivity contribution in [3.8, 4) is 11.5 Å². The molecule has 1 amide bonds. The average molecular weight is 432 g/mol. The summed E-state index contributed by atoms with van der Waals surface area (Å²) < 4.78 is 10.7. The zero-order valence-electron chi connectivity index (χ0n) is 16.8. The van der Waals surface area contributed by atoms with Gasteiger partial charge in [0.2, 0.25) is 0 Å². The molecule has 0 saturated carbocycles. The van der Waals surface area contributed by atoms with E-state index in [-0.39, 0.29) is 17.9 Å². The number of ketones is 1. The number of Topliss-reactive ketones (excluding diaryl/α,β-unsaturated/α-hetero) is 1. The van der Waals surface area contributed by atoms with Crippen molar-refractivity contribution >= 4 is 29.1 Å². The Morgan fingerprint density at radius 3 is 2.37 bits per heavy atom. The van der Waals surface area contributed by atoms with Crippen LogP contribution in [0, 0.1) is 0 Å². The number of ether oxygens (including phenoxy) is 2. The number of benzene rings is 2.